The van der Waals surface area contributed by atoms with Crippen molar-refractivity contribution < 1.29 is 19.4 Å². The molecule has 3 rings (SSSR count). The van der Waals surface area contributed by atoms with Crippen LogP contribution in [0.2, 0.25) is 0 Å². The molecular weight excluding hydrogens is 270 g/mol. The Kier molecular flexibility index (Phi) is 3.92. The number of amides is 1. The number of aliphatic hydroxyl groups excluding tert-OH is 1. The first-order valence-corrected chi connectivity index (χ1v) is 7.38. The molecule has 1 fully saturated rings. The highest BCUT2D eigenvalue weighted by molar-refractivity contribution is 5.99. The number of hydrogen-bond donors (Lipinski definition) is 1. The standard InChI is InChI=1S/C16H19NO4/c18-6-7-21-16(20)13-9-15(19)17(10-13)14-5-4-11-2-1-3-12(11)8-14/h4-5,8,13,18H,1-3,6-7,9-10H2/t13-/m1/s1. The lowest BCUT2D eigenvalue weighted by Gasteiger charge is -2.17. The average Bonchev–Trinajstić information content (AvgIpc) is 3.10. The van der Waals surface area contributed by atoms with Gasteiger partial charge in [0.1, 0.15) is 6.61 Å². The van der Waals surface area contributed by atoms with Gasteiger partial charge in [-0.15, -0.1) is 0 Å². The number of carbonyl (C=O) groups excluding carboxylic acids is 2. The van der Waals surface area contributed by atoms with Crippen LogP contribution in [0.4, 0.5) is 5.69 Å². The Hall–Kier alpha value is -1.88. The predicted molar refractivity (Wildman–Crippen MR) is 77.0 cm³/mol. The SMILES string of the molecule is O=C(OCCO)[C@@H]1CC(=O)N(c2ccc3c(c2)CCC3)C1. The third-order valence-corrected chi connectivity index (χ3v) is 4.19. The van der Waals surface area contributed by atoms with Gasteiger partial charge in [0.2, 0.25) is 5.91 Å². The molecule has 0 aromatic heterocycles. The van der Waals surface area contributed by atoms with E-state index in [9.17, 15) is 9.59 Å². The first-order valence-electron chi connectivity index (χ1n) is 7.38. The van der Waals surface area contributed by atoms with Crippen molar-refractivity contribution in [3.63, 3.8) is 0 Å². The molecule has 0 saturated carbocycles. The molecule has 1 aromatic rings. The minimum atomic E-state index is -0.433. The van der Waals surface area contributed by atoms with Crippen molar-refractivity contribution in [3.8, 4) is 0 Å². The first kappa shape index (κ1) is 14.1. The summed E-state index contributed by atoms with van der Waals surface area (Å²) in [5.74, 6) is -0.878. The number of nitrogens with zero attached hydrogens (tertiary/aromatic N) is 1. The summed E-state index contributed by atoms with van der Waals surface area (Å²) in [6, 6.07) is 6.12. The van der Waals surface area contributed by atoms with E-state index in [2.05, 4.69) is 12.1 Å². The van der Waals surface area contributed by atoms with Crippen molar-refractivity contribution in [1.82, 2.24) is 0 Å². The zero-order valence-corrected chi connectivity index (χ0v) is 11.9. The van der Waals surface area contributed by atoms with Gasteiger partial charge < -0.3 is 14.7 Å². The molecule has 2 aliphatic rings. The second kappa shape index (κ2) is 5.85. The third kappa shape index (κ3) is 2.78. The molecule has 1 amide bonds. The Morgan fingerprint density at radius 2 is 2.14 bits per heavy atom. The van der Waals surface area contributed by atoms with Crippen LogP contribution in [0.3, 0.4) is 0 Å². The number of aryl methyl sites for hydroxylation is 2. The van der Waals surface area contributed by atoms with E-state index in [1.165, 1.54) is 17.5 Å². The number of carbonyl (C=O) groups is 2. The van der Waals surface area contributed by atoms with Crippen LogP contribution in [-0.2, 0) is 27.2 Å². The van der Waals surface area contributed by atoms with Crippen molar-refractivity contribution in [1.29, 1.82) is 0 Å². The molecule has 21 heavy (non-hydrogen) atoms. The summed E-state index contributed by atoms with van der Waals surface area (Å²) in [7, 11) is 0. The molecule has 112 valence electrons. The maximum Gasteiger partial charge on any atom is 0.311 e. The Morgan fingerprint density at radius 1 is 1.33 bits per heavy atom. The summed E-state index contributed by atoms with van der Waals surface area (Å²) >= 11 is 0. The van der Waals surface area contributed by atoms with Gasteiger partial charge in [-0.2, -0.15) is 0 Å². The maximum atomic E-state index is 12.1. The van der Waals surface area contributed by atoms with Crippen LogP contribution >= 0.6 is 0 Å². The van der Waals surface area contributed by atoms with E-state index in [0.717, 1.165) is 18.5 Å². The molecule has 1 atom stereocenters. The monoisotopic (exact) mass is 289 g/mol. The smallest absolute Gasteiger partial charge is 0.311 e. The molecule has 1 aliphatic heterocycles. The second-order valence-electron chi connectivity index (χ2n) is 5.60. The van der Waals surface area contributed by atoms with E-state index >= 15 is 0 Å². The highest BCUT2D eigenvalue weighted by Gasteiger charge is 2.36. The fraction of sp³-hybridized carbons (Fsp3) is 0.500. The highest BCUT2D eigenvalue weighted by atomic mass is 16.5. The third-order valence-electron chi connectivity index (χ3n) is 4.19. The van der Waals surface area contributed by atoms with Crippen LogP contribution < -0.4 is 4.90 Å². The van der Waals surface area contributed by atoms with Crippen LogP contribution in [0.25, 0.3) is 0 Å². The molecule has 1 heterocycles. The van der Waals surface area contributed by atoms with E-state index in [-0.39, 0.29) is 25.5 Å². The lowest BCUT2D eigenvalue weighted by atomic mass is 10.1. The summed E-state index contributed by atoms with van der Waals surface area (Å²) in [4.78, 5) is 25.6. The molecule has 0 spiro atoms. The summed E-state index contributed by atoms with van der Waals surface area (Å²) in [6.45, 7) is 0.158. The van der Waals surface area contributed by atoms with E-state index in [4.69, 9.17) is 9.84 Å². The lowest BCUT2D eigenvalue weighted by Crippen LogP contribution is -2.26. The van der Waals surface area contributed by atoms with Crippen LogP contribution in [0.1, 0.15) is 24.0 Å². The lowest BCUT2D eigenvalue weighted by molar-refractivity contribution is -0.149. The van der Waals surface area contributed by atoms with Gasteiger partial charge in [0.15, 0.2) is 0 Å². The number of benzene rings is 1. The molecule has 1 aromatic carbocycles. The van der Waals surface area contributed by atoms with Crippen molar-refractivity contribution in [2.24, 2.45) is 5.92 Å². The minimum Gasteiger partial charge on any atom is -0.463 e. The number of ether oxygens (including phenoxy) is 1. The normalized spacial score (nSPS) is 20.7. The Morgan fingerprint density at radius 3 is 2.95 bits per heavy atom. The van der Waals surface area contributed by atoms with Crippen LogP contribution in [0, 0.1) is 5.92 Å². The molecule has 0 bridgehead atoms. The van der Waals surface area contributed by atoms with Gasteiger partial charge in [-0.1, -0.05) is 6.07 Å². The Labute approximate surface area is 123 Å². The molecule has 1 saturated heterocycles. The summed E-state index contributed by atoms with van der Waals surface area (Å²) in [5, 5.41) is 8.67. The Balaban J connectivity index is 1.72. The number of rotatable bonds is 4. The fourth-order valence-electron chi connectivity index (χ4n) is 3.11. The fourth-order valence-corrected chi connectivity index (χ4v) is 3.11. The zero-order chi connectivity index (χ0) is 14.8. The summed E-state index contributed by atoms with van der Waals surface area (Å²) in [6.07, 6.45) is 3.52. The summed E-state index contributed by atoms with van der Waals surface area (Å²) in [5.41, 5.74) is 3.55. The van der Waals surface area contributed by atoms with Crippen LogP contribution in [0.5, 0.6) is 0 Å². The zero-order valence-electron chi connectivity index (χ0n) is 11.9. The van der Waals surface area contributed by atoms with Gasteiger partial charge in [-0.3, -0.25) is 9.59 Å². The first-order chi connectivity index (χ1) is 10.2. The largest absolute Gasteiger partial charge is 0.463 e. The van der Waals surface area contributed by atoms with Crippen LogP contribution in [-0.4, -0.2) is 36.7 Å². The van der Waals surface area contributed by atoms with Gasteiger partial charge in [-0.05, 0) is 42.5 Å². The van der Waals surface area contributed by atoms with E-state index in [0.29, 0.717) is 6.54 Å². The van der Waals surface area contributed by atoms with Gasteiger partial charge in [0.25, 0.3) is 0 Å². The molecule has 0 unspecified atom stereocenters. The molecule has 5 heteroatoms. The summed E-state index contributed by atoms with van der Waals surface area (Å²) < 4.78 is 4.91. The molecular formula is C16H19NO4. The number of esters is 1. The number of anilines is 1. The second-order valence-corrected chi connectivity index (χ2v) is 5.60. The van der Waals surface area contributed by atoms with Gasteiger partial charge >= 0.3 is 5.97 Å². The van der Waals surface area contributed by atoms with Crippen molar-refractivity contribution >= 4 is 17.6 Å². The molecule has 0 radical (unpaired) electrons. The minimum absolute atomic E-state index is 0.0115. The van der Waals surface area contributed by atoms with E-state index in [1.807, 2.05) is 6.07 Å². The highest BCUT2D eigenvalue weighted by Crippen LogP contribution is 2.30. The molecule has 1 N–H and O–H groups in total. The van der Waals surface area contributed by atoms with Gasteiger partial charge in [0.05, 0.1) is 12.5 Å². The van der Waals surface area contributed by atoms with Crippen molar-refractivity contribution in [2.45, 2.75) is 25.7 Å². The van der Waals surface area contributed by atoms with Crippen molar-refractivity contribution in [3.05, 3.63) is 29.3 Å². The van der Waals surface area contributed by atoms with E-state index < -0.39 is 11.9 Å². The predicted octanol–water partition coefficient (Wildman–Crippen LogP) is 1.06. The number of fused-ring (bicyclic) bond motifs is 1. The Bertz CT molecular complexity index is 569. The van der Waals surface area contributed by atoms with Gasteiger partial charge in [-0.25, -0.2) is 0 Å². The maximum absolute atomic E-state index is 12.1. The number of aliphatic hydroxyl groups is 1. The molecule has 1 aliphatic carbocycles. The quantitative estimate of drug-likeness (QED) is 0.842. The van der Waals surface area contributed by atoms with Crippen molar-refractivity contribution in [2.75, 3.05) is 24.7 Å². The van der Waals surface area contributed by atoms with E-state index in [1.54, 1.807) is 4.90 Å². The number of hydrogen-bond acceptors (Lipinski definition) is 4. The van der Waals surface area contributed by atoms with Crippen LogP contribution in [0.15, 0.2) is 18.2 Å². The topological polar surface area (TPSA) is 66.8 Å². The van der Waals surface area contributed by atoms with Gasteiger partial charge in [0, 0.05) is 18.7 Å². The molecule has 5 nitrogen and oxygen atoms in total. The average molecular weight is 289 g/mol.